The molecule has 0 fully saturated rings. The molecular formula is C22H13Cl2N3O3S. The van der Waals surface area contributed by atoms with Crippen LogP contribution in [0.15, 0.2) is 72.1 Å². The van der Waals surface area contributed by atoms with Crippen molar-refractivity contribution >= 4 is 51.8 Å². The zero-order chi connectivity index (χ0) is 22.0. The van der Waals surface area contributed by atoms with Gasteiger partial charge in [-0.1, -0.05) is 47.5 Å². The minimum absolute atomic E-state index is 0.0212. The number of nitro groups is 1. The van der Waals surface area contributed by atoms with Crippen LogP contribution < -0.4 is 5.32 Å². The molecule has 154 valence electrons. The molecule has 6 nitrogen and oxygen atoms in total. The molecule has 4 rings (SSSR count). The molecule has 0 aliphatic carbocycles. The van der Waals surface area contributed by atoms with Gasteiger partial charge in [0.15, 0.2) is 0 Å². The van der Waals surface area contributed by atoms with Crippen LogP contribution >= 0.6 is 34.5 Å². The fourth-order valence-corrected chi connectivity index (χ4v) is 4.00. The Kier molecular flexibility index (Phi) is 5.99. The third-order valence-electron chi connectivity index (χ3n) is 4.44. The van der Waals surface area contributed by atoms with Gasteiger partial charge in [0.25, 0.3) is 11.6 Å². The van der Waals surface area contributed by atoms with Crippen molar-refractivity contribution < 1.29 is 9.72 Å². The quantitative estimate of drug-likeness (QED) is 0.253. The van der Waals surface area contributed by atoms with Gasteiger partial charge in [0.05, 0.1) is 10.6 Å². The first-order valence-electron chi connectivity index (χ1n) is 8.98. The number of carbonyl (C=O) groups is 1. The third-order valence-corrected chi connectivity index (χ3v) is 5.90. The van der Waals surface area contributed by atoms with Crippen LogP contribution in [-0.4, -0.2) is 15.8 Å². The van der Waals surface area contributed by atoms with Crippen LogP contribution in [0.2, 0.25) is 10.0 Å². The van der Waals surface area contributed by atoms with E-state index in [4.69, 9.17) is 23.2 Å². The second kappa shape index (κ2) is 8.85. The van der Waals surface area contributed by atoms with E-state index in [1.165, 1.54) is 23.5 Å². The monoisotopic (exact) mass is 469 g/mol. The lowest BCUT2D eigenvalue weighted by atomic mass is 10.1. The maximum atomic E-state index is 12.4. The molecule has 0 aliphatic heterocycles. The maximum Gasteiger partial charge on any atom is 0.288 e. The molecule has 0 saturated heterocycles. The molecule has 1 heterocycles. The number of benzene rings is 3. The number of amides is 1. The number of anilines is 1. The summed E-state index contributed by atoms with van der Waals surface area (Å²) in [6.45, 7) is 0. The molecule has 0 aliphatic rings. The van der Waals surface area contributed by atoms with E-state index in [0.29, 0.717) is 10.7 Å². The van der Waals surface area contributed by atoms with Gasteiger partial charge in [-0.25, -0.2) is 4.98 Å². The molecule has 3 aromatic carbocycles. The Balaban J connectivity index is 1.49. The molecule has 0 atom stereocenters. The Bertz CT molecular complexity index is 1270. The van der Waals surface area contributed by atoms with E-state index in [-0.39, 0.29) is 16.3 Å². The van der Waals surface area contributed by atoms with E-state index < -0.39 is 10.8 Å². The van der Waals surface area contributed by atoms with Crippen molar-refractivity contribution in [1.29, 1.82) is 0 Å². The molecule has 4 aromatic rings. The van der Waals surface area contributed by atoms with Gasteiger partial charge in [0, 0.05) is 38.8 Å². The first-order valence-corrected chi connectivity index (χ1v) is 10.6. The molecule has 1 N–H and O–H groups in total. The van der Waals surface area contributed by atoms with Gasteiger partial charge in [-0.05, 0) is 36.4 Å². The average Bonchev–Trinajstić information content (AvgIpc) is 3.25. The van der Waals surface area contributed by atoms with Crippen LogP contribution in [0.3, 0.4) is 0 Å². The summed E-state index contributed by atoms with van der Waals surface area (Å²) in [7, 11) is 0. The largest absolute Gasteiger partial charge is 0.322 e. The van der Waals surface area contributed by atoms with Crippen LogP contribution in [0.4, 0.5) is 11.4 Å². The fourth-order valence-electron chi connectivity index (χ4n) is 2.85. The second-order valence-corrected chi connectivity index (χ2v) is 8.20. The Morgan fingerprint density at radius 3 is 2.32 bits per heavy atom. The van der Waals surface area contributed by atoms with Gasteiger partial charge in [-0.3, -0.25) is 14.9 Å². The number of halogens is 2. The molecule has 0 spiro atoms. The Labute approximate surface area is 191 Å². The molecule has 0 saturated carbocycles. The zero-order valence-corrected chi connectivity index (χ0v) is 18.0. The first kappa shape index (κ1) is 21.0. The number of rotatable bonds is 5. The zero-order valence-electron chi connectivity index (χ0n) is 15.7. The van der Waals surface area contributed by atoms with Crippen molar-refractivity contribution in [2.24, 2.45) is 0 Å². The number of nitro benzene ring substituents is 1. The van der Waals surface area contributed by atoms with E-state index in [1.807, 2.05) is 41.8 Å². The van der Waals surface area contributed by atoms with E-state index in [1.54, 1.807) is 12.1 Å². The molecule has 9 heteroatoms. The number of nitrogens with zero attached hydrogens (tertiary/aromatic N) is 2. The Hall–Kier alpha value is -3.26. The molecule has 0 bridgehead atoms. The van der Waals surface area contributed by atoms with Gasteiger partial charge < -0.3 is 5.32 Å². The number of hydrogen-bond acceptors (Lipinski definition) is 5. The maximum absolute atomic E-state index is 12.4. The summed E-state index contributed by atoms with van der Waals surface area (Å²) in [5.41, 5.74) is 3.09. The van der Waals surface area contributed by atoms with E-state index in [2.05, 4.69) is 10.3 Å². The lowest BCUT2D eigenvalue weighted by Crippen LogP contribution is -2.12. The SMILES string of the molecule is O=C(Nc1ccc(-c2csc(-c3ccc(Cl)cc3)n2)cc1)c1ccc(Cl)c([N+](=O)[O-])c1. The predicted octanol–water partition coefficient (Wildman–Crippen LogP) is 6.94. The standard InChI is InChI=1S/C22H13Cl2N3O3S/c23-16-6-1-14(2-7-16)22-26-19(12-31-22)13-3-8-17(9-4-13)25-21(28)15-5-10-18(24)20(11-15)27(29)30/h1-12H,(H,25,28). The normalized spacial score (nSPS) is 10.6. The van der Waals surface area contributed by atoms with Crippen molar-refractivity contribution in [3.63, 3.8) is 0 Å². The minimum atomic E-state index is -0.625. The van der Waals surface area contributed by atoms with Crippen LogP contribution in [0.5, 0.6) is 0 Å². The molecule has 0 unspecified atom stereocenters. The van der Waals surface area contributed by atoms with Crippen molar-refractivity contribution in [1.82, 2.24) is 4.98 Å². The first-order chi connectivity index (χ1) is 14.9. The highest BCUT2D eigenvalue weighted by molar-refractivity contribution is 7.13. The average molecular weight is 470 g/mol. The summed E-state index contributed by atoms with van der Waals surface area (Å²) < 4.78 is 0. The number of carbonyl (C=O) groups excluding carboxylic acids is 1. The Morgan fingerprint density at radius 1 is 0.968 bits per heavy atom. The topological polar surface area (TPSA) is 85.1 Å². The molecule has 1 amide bonds. The van der Waals surface area contributed by atoms with Crippen molar-refractivity contribution in [3.8, 4) is 21.8 Å². The summed E-state index contributed by atoms with van der Waals surface area (Å²) in [5, 5.41) is 17.2. The predicted molar refractivity (Wildman–Crippen MR) is 124 cm³/mol. The molecule has 0 radical (unpaired) electrons. The summed E-state index contributed by atoms with van der Waals surface area (Å²) in [5.74, 6) is -0.466. The third kappa shape index (κ3) is 4.74. The summed E-state index contributed by atoms with van der Waals surface area (Å²) in [4.78, 5) is 27.5. The van der Waals surface area contributed by atoms with Gasteiger partial charge in [0.1, 0.15) is 10.0 Å². The highest BCUT2D eigenvalue weighted by atomic mass is 35.5. The van der Waals surface area contributed by atoms with Crippen molar-refractivity contribution in [3.05, 3.63) is 97.8 Å². The lowest BCUT2D eigenvalue weighted by molar-refractivity contribution is -0.384. The highest BCUT2D eigenvalue weighted by Crippen LogP contribution is 2.30. The summed E-state index contributed by atoms with van der Waals surface area (Å²) in [6.07, 6.45) is 0. The van der Waals surface area contributed by atoms with Gasteiger partial charge in [0.2, 0.25) is 0 Å². The van der Waals surface area contributed by atoms with Crippen LogP contribution in [0.25, 0.3) is 21.8 Å². The van der Waals surface area contributed by atoms with Crippen LogP contribution in [0, 0.1) is 10.1 Å². The number of hydrogen-bond donors (Lipinski definition) is 1. The smallest absolute Gasteiger partial charge is 0.288 e. The summed E-state index contributed by atoms with van der Waals surface area (Å²) >= 11 is 13.3. The lowest BCUT2D eigenvalue weighted by Gasteiger charge is -2.06. The number of nitrogens with one attached hydrogen (secondary N) is 1. The number of thiazole rings is 1. The van der Waals surface area contributed by atoms with Gasteiger partial charge in [-0.15, -0.1) is 11.3 Å². The van der Waals surface area contributed by atoms with E-state index in [0.717, 1.165) is 27.9 Å². The second-order valence-electron chi connectivity index (χ2n) is 6.50. The molecule has 1 aromatic heterocycles. The Morgan fingerprint density at radius 2 is 1.65 bits per heavy atom. The van der Waals surface area contributed by atoms with Crippen molar-refractivity contribution in [2.75, 3.05) is 5.32 Å². The van der Waals surface area contributed by atoms with Crippen molar-refractivity contribution in [2.45, 2.75) is 0 Å². The summed E-state index contributed by atoms with van der Waals surface area (Å²) in [6, 6.07) is 18.6. The minimum Gasteiger partial charge on any atom is -0.322 e. The van der Waals surface area contributed by atoms with Gasteiger partial charge >= 0.3 is 0 Å². The molecular weight excluding hydrogens is 457 g/mol. The fraction of sp³-hybridized carbons (Fsp3) is 0. The van der Waals surface area contributed by atoms with Crippen LogP contribution in [0.1, 0.15) is 10.4 Å². The van der Waals surface area contributed by atoms with E-state index in [9.17, 15) is 14.9 Å². The van der Waals surface area contributed by atoms with Gasteiger partial charge in [-0.2, -0.15) is 0 Å². The van der Waals surface area contributed by atoms with Crippen LogP contribution in [-0.2, 0) is 0 Å². The molecule has 31 heavy (non-hydrogen) atoms. The van der Waals surface area contributed by atoms with E-state index >= 15 is 0 Å². The highest BCUT2D eigenvalue weighted by Gasteiger charge is 2.16. The number of aromatic nitrogens is 1.